The zero-order valence-electron chi connectivity index (χ0n) is 11.3. The van der Waals surface area contributed by atoms with E-state index in [4.69, 9.17) is 0 Å². The largest absolute Gasteiger partial charge is 0.354 e. The molecule has 98 valence electrons. The summed E-state index contributed by atoms with van der Waals surface area (Å²) in [5.74, 6) is 0. The van der Waals surface area contributed by atoms with Crippen molar-refractivity contribution >= 4 is 11.3 Å². The Morgan fingerprint density at radius 3 is 3.00 bits per heavy atom. The van der Waals surface area contributed by atoms with E-state index in [1.807, 2.05) is 5.51 Å². The molecule has 0 aliphatic carbocycles. The SMILES string of the molecule is CCNC(C)c1ccn(CCc2scnc2C)c1. The molecule has 0 radical (unpaired) electrons. The van der Waals surface area contributed by atoms with Gasteiger partial charge in [-0.05, 0) is 32.0 Å². The Morgan fingerprint density at radius 2 is 2.33 bits per heavy atom. The lowest BCUT2D eigenvalue weighted by atomic mass is 10.2. The van der Waals surface area contributed by atoms with Gasteiger partial charge in [0.05, 0.1) is 11.2 Å². The second kappa shape index (κ2) is 6.16. The molecule has 2 heterocycles. The van der Waals surface area contributed by atoms with E-state index in [9.17, 15) is 0 Å². The maximum atomic E-state index is 4.29. The summed E-state index contributed by atoms with van der Waals surface area (Å²) in [5, 5.41) is 3.43. The van der Waals surface area contributed by atoms with Gasteiger partial charge >= 0.3 is 0 Å². The molecule has 0 aliphatic heterocycles. The first-order valence-electron chi connectivity index (χ1n) is 6.48. The average Bonchev–Trinajstić information content (AvgIpc) is 2.96. The highest BCUT2D eigenvalue weighted by Gasteiger charge is 2.06. The van der Waals surface area contributed by atoms with Crippen molar-refractivity contribution in [1.29, 1.82) is 0 Å². The first-order chi connectivity index (χ1) is 8.70. The molecule has 0 saturated carbocycles. The van der Waals surface area contributed by atoms with Gasteiger partial charge in [0.15, 0.2) is 0 Å². The number of rotatable bonds is 6. The maximum Gasteiger partial charge on any atom is 0.0797 e. The number of hydrogen-bond acceptors (Lipinski definition) is 3. The minimum Gasteiger partial charge on any atom is -0.354 e. The number of thiazole rings is 1. The first kappa shape index (κ1) is 13.3. The molecule has 3 nitrogen and oxygen atoms in total. The maximum absolute atomic E-state index is 4.29. The summed E-state index contributed by atoms with van der Waals surface area (Å²) in [4.78, 5) is 5.68. The molecule has 0 spiro atoms. The van der Waals surface area contributed by atoms with Gasteiger partial charge in [-0.3, -0.25) is 0 Å². The molecule has 0 aromatic carbocycles. The Hall–Kier alpha value is -1.13. The van der Waals surface area contributed by atoms with Crippen molar-refractivity contribution in [1.82, 2.24) is 14.9 Å². The summed E-state index contributed by atoms with van der Waals surface area (Å²) in [7, 11) is 0. The molecule has 1 atom stereocenters. The van der Waals surface area contributed by atoms with Crippen LogP contribution in [0.15, 0.2) is 24.0 Å². The van der Waals surface area contributed by atoms with Crippen molar-refractivity contribution in [2.45, 2.75) is 39.8 Å². The van der Waals surface area contributed by atoms with Gasteiger partial charge in [-0.25, -0.2) is 4.98 Å². The van der Waals surface area contributed by atoms with Crippen molar-refractivity contribution in [2.75, 3.05) is 6.54 Å². The van der Waals surface area contributed by atoms with Crippen LogP contribution in [-0.4, -0.2) is 16.1 Å². The van der Waals surface area contributed by atoms with Crippen LogP contribution >= 0.6 is 11.3 Å². The van der Waals surface area contributed by atoms with Crippen molar-refractivity contribution in [3.63, 3.8) is 0 Å². The number of aromatic nitrogens is 2. The normalized spacial score (nSPS) is 12.8. The Labute approximate surface area is 113 Å². The van der Waals surface area contributed by atoms with Crippen LogP contribution in [0.1, 0.15) is 36.0 Å². The summed E-state index contributed by atoms with van der Waals surface area (Å²) in [6.07, 6.45) is 5.48. The van der Waals surface area contributed by atoms with Crippen molar-refractivity contribution in [3.8, 4) is 0 Å². The van der Waals surface area contributed by atoms with Crippen LogP contribution in [0.4, 0.5) is 0 Å². The van der Waals surface area contributed by atoms with Crippen LogP contribution in [0, 0.1) is 6.92 Å². The molecule has 1 N–H and O–H groups in total. The van der Waals surface area contributed by atoms with Gasteiger partial charge in [-0.2, -0.15) is 0 Å². The quantitative estimate of drug-likeness (QED) is 0.867. The third-order valence-electron chi connectivity index (χ3n) is 3.23. The van der Waals surface area contributed by atoms with Crippen LogP contribution in [0.2, 0.25) is 0 Å². The summed E-state index contributed by atoms with van der Waals surface area (Å²) < 4.78 is 2.27. The minimum absolute atomic E-state index is 0.432. The average molecular weight is 263 g/mol. The van der Waals surface area contributed by atoms with E-state index in [2.05, 4.69) is 54.1 Å². The first-order valence-corrected chi connectivity index (χ1v) is 7.36. The molecule has 1 unspecified atom stereocenters. The highest BCUT2D eigenvalue weighted by molar-refractivity contribution is 7.09. The molecule has 2 aromatic heterocycles. The molecule has 0 aliphatic rings. The van der Waals surface area contributed by atoms with Gasteiger partial charge in [0.1, 0.15) is 0 Å². The lowest BCUT2D eigenvalue weighted by Gasteiger charge is -2.09. The fourth-order valence-corrected chi connectivity index (χ4v) is 2.85. The van der Waals surface area contributed by atoms with E-state index >= 15 is 0 Å². The second-order valence-corrected chi connectivity index (χ2v) is 5.51. The van der Waals surface area contributed by atoms with Gasteiger partial charge in [-0.15, -0.1) is 11.3 Å². The van der Waals surface area contributed by atoms with Crippen molar-refractivity contribution in [2.24, 2.45) is 0 Å². The lowest BCUT2D eigenvalue weighted by molar-refractivity contribution is 0.594. The van der Waals surface area contributed by atoms with Crippen LogP contribution in [0.3, 0.4) is 0 Å². The zero-order valence-corrected chi connectivity index (χ0v) is 12.1. The fraction of sp³-hybridized carbons (Fsp3) is 0.500. The molecule has 2 aromatic rings. The number of nitrogens with one attached hydrogen (secondary N) is 1. The smallest absolute Gasteiger partial charge is 0.0797 e. The molecule has 2 rings (SSSR count). The summed E-state index contributed by atoms with van der Waals surface area (Å²) >= 11 is 1.75. The highest BCUT2D eigenvalue weighted by Crippen LogP contribution is 2.16. The molecule has 0 saturated heterocycles. The molecule has 0 fully saturated rings. The Balaban J connectivity index is 1.93. The summed E-state index contributed by atoms with van der Waals surface area (Å²) in [6.45, 7) is 8.46. The molecule has 4 heteroatoms. The van der Waals surface area contributed by atoms with Crippen LogP contribution in [0.25, 0.3) is 0 Å². The van der Waals surface area contributed by atoms with E-state index in [1.54, 1.807) is 11.3 Å². The third-order valence-corrected chi connectivity index (χ3v) is 4.22. The fourth-order valence-electron chi connectivity index (χ4n) is 2.08. The van der Waals surface area contributed by atoms with E-state index in [0.29, 0.717) is 6.04 Å². The minimum atomic E-state index is 0.432. The van der Waals surface area contributed by atoms with Crippen molar-refractivity contribution in [3.05, 3.63) is 40.1 Å². The molecular weight excluding hydrogens is 242 g/mol. The third kappa shape index (κ3) is 3.21. The lowest BCUT2D eigenvalue weighted by Crippen LogP contribution is -2.17. The number of nitrogens with zero attached hydrogens (tertiary/aromatic N) is 2. The van der Waals surface area contributed by atoms with Gasteiger partial charge < -0.3 is 9.88 Å². The van der Waals surface area contributed by atoms with Gasteiger partial charge in [0.25, 0.3) is 0 Å². The summed E-state index contributed by atoms with van der Waals surface area (Å²) in [6, 6.07) is 2.63. The second-order valence-electron chi connectivity index (χ2n) is 4.57. The number of hydrogen-bond donors (Lipinski definition) is 1. The van der Waals surface area contributed by atoms with Crippen LogP contribution in [-0.2, 0) is 13.0 Å². The molecule has 0 bridgehead atoms. The predicted molar refractivity (Wildman–Crippen MR) is 77.1 cm³/mol. The van der Waals surface area contributed by atoms with Gasteiger partial charge in [-0.1, -0.05) is 6.92 Å². The van der Waals surface area contributed by atoms with E-state index in [1.165, 1.54) is 16.1 Å². The van der Waals surface area contributed by atoms with Crippen LogP contribution < -0.4 is 5.32 Å². The molecule has 18 heavy (non-hydrogen) atoms. The van der Waals surface area contributed by atoms with Crippen molar-refractivity contribution < 1.29 is 0 Å². The van der Waals surface area contributed by atoms with Crippen LogP contribution in [0.5, 0.6) is 0 Å². The molecular formula is C14H21N3S. The topological polar surface area (TPSA) is 29.9 Å². The van der Waals surface area contributed by atoms with Gasteiger partial charge in [0, 0.05) is 36.3 Å². The standard InChI is InChI=1S/C14H21N3S/c1-4-15-11(2)13-5-7-17(9-13)8-6-14-12(3)16-10-18-14/h5,7,9-11,15H,4,6,8H2,1-3H3. The van der Waals surface area contributed by atoms with E-state index in [0.717, 1.165) is 19.5 Å². The Morgan fingerprint density at radius 1 is 1.50 bits per heavy atom. The Kier molecular flexibility index (Phi) is 4.55. The van der Waals surface area contributed by atoms with E-state index in [-0.39, 0.29) is 0 Å². The monoisotopic (exact) mass is 263 g/mol. The molecule has 0 amide bonds. The Bertz CT molecular complexity index is 487. The van der Waals surface area contributed by atoms with Gasteiger partial charge in [0.2, 0.25) is 0 Å². The number of aryl methyl sites for hydroxylation is 3. The predicted octanol–water partition coefficient (Wildman–Crippen LogP) is 3.17. The highest BCUT2D eigenvalue weighted by atomic mass is 32.1. The zero-order chi connectivity index (χ0) is 13.0. The summed E-state index contributed by atoms with van der Waals surface area (Å²) in [5.41, 5.74) is 4.46. The van der Waals surface area contributed by atoms with E-state index < -0.39 is 0 Å².